The van der Waals surface area contributed by atoms with Gasteiger partial charge in [0, 0.05) is 11.7 Å². The molecule has 2 N–H and O–H groups in total. The summed E-state index contributed by atoms with van der Waals surface area (Å²) in [5.41, 5.74) is 0.346. The van der Waals surface area contributed by atoms with Crippen LogP contribution in [-0.4, -0.2) is 26.3 Å². The topological polar surface area (TPSA) is 32.3 Å². The van der Waals surface area contributed by atoms with E-state index in [9.17, 15) is 0 Å². The normalized spacial score (nSPS) is 31.6. The lowest BCUT2D eigenvalue weighted by Gasteiger charge is -2.29. The lowest BCUT2D eigenvalue weighted by Crippen LogP contribution is -2.43. The molecule has 0 spiro atoms. The molecule has 3 heteroatoms. The summed E-state index contributed by atoms with van der Waals surface area (Å²) in [6.07, 6.45) is 6.33. The number of hydrogen-bond acceptors (Lipinski definition) is 2. The fourth-order valence-electron chi connectivity index (χ4n) is 1.96. The van der Waals surface area contributed by atoms with Crippen molar-refractivity contribution >= 4 is 9.76 Å². The Morgan fingerprint density at radius 2 is 2.00 bits per heavy atom. The van der Waals surface area contributed by atoms with E-state index in [0.29, 0.717) is 11.7 Å². The lowest BCUT2D eigenvalue weighted by molar-refractivity contribution is 0.297. The highest BCUT2D eigenvalue weighted by molar-refractivity contribution is 6.27. The van der Waals surface area contributed by atoms with Gasteiger partial charge in [0.1, 0.15) is 0 Å². The number of rotatable bonds is 4. The minimum absolute atomic E-state index is 0.0560. The maximum Gasteiger partial charge on any atom is 0.243 e. The van der Waals surface area contributed by atoms with E-state index in [0.717, 1.165) is 12.3 Å². The van der Waals surface area contributed by atoms with Crippen molar-refractivity contribution in [3.63, 3.8) is 0 Å². The van der Waals surface area contributed by atoms with Crippen LogP contribution < -0.4 is 5.32 Å². The Morgan fingerprint density at radius 3 is 2.46 bits per heavy atom. The summed E-state index contributed by atoms with van der Waals surface area (Å²) in [6.45, 7) is 4.47. The molecule has 1 aliphatic carbocycles. The maximum atomic E-state index is 9.07. The summed E-state index contributed by atoms with van der Waals surface area (Å²) < 4.78 is 0. The van der Waals surface area contributed by atoms with Gasteiger partial charge in [-0.05, 0) is 38.0 Å². The Hall–Kier alpha value is 0.137. The van der Waals surface area contributed by atoms with Gasteiger partial charge in [-0.1, -0.05) is 13.8 Å². The fourth-order valence-corrected chi connectivity index (χ4v) is 2.45. The minimum Gasteiger partial charge on any atom is -0.430 e. The average molecular weight is 199 g/mol. The van der Waals surface area contributed by atoms with Crippen molar-refractivity contribution < 1.29 is 4.80 Å². The number of hydrogen-bond donors (Lipinski definition) is 2. The van der Waals surface area contributed by atoms with E-state index in [4.69, 9.17) is 4.80 Å². The van der Waals surface area contributed by atoms with Gasteiger partial charge in [0.15, 0.2) is 0 Å². The highest BCUT2D eigenvalue weighted by atomic mass is 28.2. The van der Waals surface area contributed by atoms with Crippen LogP contribution in [0, 0.1) is 5.92 Å². The Kier molecular flexibility index (Phi) is 4.99. The van der Waals surface area contributed by atoms with E-state index in [2.05, 4.69) is 19.2 Å². The summed E-state index contributed by atoms with van der Waals surface area (Å²) >= 11 is 0. The Labute approximate surface area is 84.1 Å². The third-order valence-corrected chi connectivity index (χ3v) is 3.90. The van der Waals surface area contributed by atoms with Crippen LogP contribution >= 0.6 is 0 Å². The monoisotopic (exact) mass is 199 g/mol. The average Bonchev–Trinajstić information content (AvgIpc) is 2.17. The molecule has 0 aliphatic heterocycles. The molecule has 1 fully saturated rings. The van der Waals surface area contributed by atoms with Crippen molar-refractivity contribution in [3.8, 4) is 0 Å². The predicted octanol–water partition coefficient (Wildman–Crippen LogP) is 1.50. The van der Waals surface area contributed by atoms with Crippen molar-refractivity contribution in [2.45, 2.75) is 57.7 Å². The smallest absolute Gasteiger partial charge is 0.243 e. The molecule has 0 bridgehead atoms. The molecule has 2 nitrogen and oxygen atoms in total. The van der Waals surface area contributed by atoms with Gasteiger partial charge in [-0.15, -0.1) is 0 Å². The van der Waals surface area contributed by atoms with Gasteiger partial charge < -0.3 is 10.1 Å². The van der Waals surface area contributed by atoms with Gasteiger partial charge in [-0.3, -0.25) is 0 Å². The molecule has 0 saturated heterocycles. The highest BCUT2D eigenvalue weighted by Gasteiger charge is 2.20. The second kappa shape index (κ2) is 5.78. The molecule has 1 saturated carbocycles. The fraction of sp³-hybridized carbons (Fsp3) is 1.00. The van der Waals surface area contributed by atoms with Gasteiger partial charge in [0.05, 0.1) is 0 Å². The molecule has 0 heterocycles. The minimum atomic E-state index is 0.0560. The third-order valence-electron chi connectivity index (χ3n) is 3.02. The van der Waals surface area contributed by atoms with Crippen molar-refractivity contribution in [1.82, 2.24) is 5.32 Å². The van der Waals surface area contributed by atoms with E-state index in [1.165, 1.54) is 25.7 Å². The van der Waals surface area contributed by atoms with Gasteiger partial charge in [0.25, 0.3) is 0 Å². The van der Waals surface area contributed by atoms with Gasteiger partial charge in [0.2, 0.25) is 9.76 Å². The molecule has 0 aromatic carbocycles. The second-order valence-corrected chi connectivity index (χ2v) is 5.17. The van der Waals surface area contributed by atoms with Crippen molar-refractivity contribution in [1.29, 1.82) is 0 Å². The predicted molar refractivity (Wildman–Crippen MR) is 56.6 cm³/mol. The SMILES string of the molecule is CCC(NC1CCC(C)CC1)[Si]O. The summed E-state index contributed by atoms with van der Waals surface area (Å²) in [5.74, 6) is 0.912. The van der Waals surface area contributed by atoms with Gasteiger partial charge in [-0.25, -0.2) is 0 Å². The van der Waals surface area contributed by atoms with Crippen molar-refractivity contribution in [3.05, 3.63) is 0 Å². The van der Waals surface area contributed by atoms with Crippen molar-refractivity contribution in [2.24, 2.45) is 5.92 Å². The van der Waals surface area contributed by atoms with Crippen LogP contribution in [0.1, 0.15) is 46.0 Å². The molecule has 1 rings (SSSR count). The molecule has 0 amide bonds. The molecule has 0 aromatic heterocycles. The van der Waals surface area contributed by atoms with Crippen LogP contribution in [0.3, 0.4) is 0 Å². The zero-order valence-electron chi connectivity index (χ0n) is 8.71. The molecule has 13 heavy (non-hydrogen) atoms. The van der Waals surface area contributed by atoms with E-state index in [-0.39, 0.29) is 9.76 Å². The molecule has 1 aliphatic rings. The van der Waals surface area contributed by atoms with Gasteiger partial charge in [-0.2, -0.15) is 0 Å². The van der Waals surface area contributed by atoms with E-state index >= 15 is 0 Å². The standard InChI is InChI=1S/C10H21NOSi/c1-3-10(13-12)11-9-6-4-8(2)5-7-9/h8-12H,3-7H2,1-2H3. The molecular formula is C10H21NOSi. The Bertz CT molecular complexity index is 131. The largest absolute Gasteiger partial charge is 0.430 e. The van der Waals surface area contributed by atoms with E-state index in [1.54, 1.807) is 0 Å². The van der Waals surface area contributed by atoms with E-state index < -0.39 is 0 Å². The third kappa shape index (κ3) is 3.79. The maximum absolute atomic E-state index is 9.07. The second-order valence-electron chi connectivity index (χ2n) is 4.21. The van der Waals surface area contributed by atoms with E-state index in [1.807, 2.05) is 0 Å². The first-order valence-electron chi connectivity index (χ1n) is 5.42. The first-order chi connectivity index (χ1) is 6.26. The number of nitrogens with one attached hydrogen (secondary N) is 1. The van der Waals surface area contributed by atoms with Crippen LogP contribution in [0.2, 0.25) is 0 Å². The molecule has 1 atom stereocenters. The molecule has 76 valence electrons. The van der Waals surface area contributed by atoms with Crippen LogP contribution in [0.15, 0.2) is 0 Å². The first-order valence-corrected chi connectivity index (χ1v) is 6.44. The highest BCUT2D eigenvalue weighted by Crippen LogP contribution is 2.23. The Morgan fingerprint density at radius 1 is 1.38 bits per heavy atom. The molecule has 0 aromatic rings. The van der Waals surface area contributed by atoms with Crippen molar-refractivity contribution in [2.75, 3.05) is 0 Å². The van der Waals surface area contributed by atoms with Crippen LogP contribution in [0.25, 0.3) is 0 Å². The summed E-state index contributed by atoms with van der Waals surface area (Å²) in [5, 5.41) is 3.54. The van der Waals surface area contributed by atoms with Gasteiger partial charge >= 0.3 is 0 Å². The first kappa shape index (κ1) is 11.2. The van der Waals surface area contributed by atoms with Crippen LogP contribution in [-0.2, 0) is 0 Å². The molecule has 1 unspecified atom stereocenters. The zero-order chi connectivity index (χ0) is 9.68. The van der Waals surface area contributed by atoms with Crippen LogP contribution in [0.4, 0.5) is 0 Å². The summed E-state index contributed by atoms with van der Waals surface area (Å²) in [7, 11) is 0.0560. The summed E-state index contributed by atoms with van der Waals surface area (Å²) in [4.78, 5) is 9.07. The van der Waals surface area contributed by atoms with Crippen LogP contribution in [0.5, 0.6) is 0 Å². The lowest BCUT2D eigenvalue weighted by atomic mass is 9.87. The molecular weight excluding hydrogens is 178 g/mol. The summed E-state index contributed by atoms with van der Waals surface area (Å²) in [6, 6.07) is 0.667. The zero-order valence-corrected chi connectivity index (χ0v) is 9.71. The quantitative estimate of drug-likeness (QED) is 0.673. The Balaban J connectivity index is 2.21. The molecule has 2 radical (unpaired) electrons.